The van der Waals surface area contributed by atoms with E-state index in [0.717, 1.165) is 44.8 Å². The Balaban J connectivity index is 1.38. The highest BCUT2D eigenvalue weighted by Crippen LogP contribution is 2.33. The fraction of sp³-hybridized carbons (Fsp3) is 0.167. The van der Waals surface area contributed by atoms with Crippen molar-refractivity contribution in [3.05, 3.63) is 82.9 Å². The first-order valence-corrected chi connectivity index (χ1v) is 10.4. The highest BCUT2D eigenvalue weighted by atomic mass is 32.1. The van der Waals surface area contributed by atoms with Crippen molar-refractivity contribution in [2.24, 2.45) is 0 Å². The number of ether oxygens (including phenoxy) is 1. The van der Waals surface area contributed by atoms with Gasteiger partial charge in [0.1, 0.15) is 10.8 Å². The number of hydrogen-bond donors (Lipinski definition) is 0. The molecule has 0 N–H and O–H groups in total. The molecular formula is C24H20N2O2S. The van der Waals surface area contributed by atoms with Crippen molar-refractivity contribution in [1.29, 1.82) is 0 Å². The summed E-state index contributed by atoms with van der Waals surface area (Å²) in [6, 6.07) is 22.0. The molecule has 4 aromatic rings. The Kier molecular flexibility index (Phi) is 4.52. The van der Waals surface area contributed by atoms with E-state index < -0.39 is 0 Å². The second kappa shape index (κ2) is 7.33. The Hall–Kier alpha value is -3.18. The molecule has 0 spiro atoms. The highest BCUT2D eigenvalue weighted by molar-refractivity contribution is 7.15. The first-order chi connectivity index (χ1) is 14.2. The number of carbonyl (C=O) groups excluding carboxylic acids is 1. The van der Waals surface area contributed by atoms with Crippen LogP contribution >= 0.6 is 11.3 Å². The van der Waals surface area contributed by atoms with Crippen LogP contribution < -0.4 is 4.74 Å². The van der Waals surface area contributed by atoms with Crippen LogP contribution in [-0.4, -0.2) is 29.4 Å². The topological polar surface area (TPSA) is 42.4 Å². The Morgan fingerprint density at radius 3 is 2.62 bits per heavy atom. The summed E-state index contributed by atoms with van der Waals surface area (Å²) in [6.45, 7) is 1.32. The van der Waals surface area contributed by atoms with E-state index in [9.17, 15) is 4.79 Å². The molecule has 0 saturated heterocycles. The van der Waals surface area contributed by atoms with Gasteiger partial charge < -0.3 is 9.64 Å². The zero-order chi connectivity index (χ0) is 19.8. The van der Waals surface area contributed by atoms with Crippen molar-refractivity contribution in [3.63, 3.8) is 0 Å². The number of rotatable bonds is 3. The second-order valence-electron chi connectivity index (χ2n) is 7.16. The standard InChI is InChI=1S/C24H20N2O2S/c1-28-20-10-8-17(9-11-20)23-25-21-12-13-26(15-22(21)29-23)24(27)19-7-6-16-4-2-3-5-18(16)14-19/h2-11,14H,12-13,15H2,1H3. The number of thiazole rings is 1. The number of methoxy groups -OCH3 is 1. The zero-order valence-corrected chi connectivity index (χ0v) is 16.9. The predicted molar refractivity (Wildman–Crippen MR) is 116 cm³/mol. The Morgan fingerprint density at radius 1 is 1.03 bits per heavy atom. The summed E-state index contributed by atoms with van der Waals surface area (Å²) in [6.07, 6.45) is 0.793. The van der Waals surface area contributed by atoms with E-state index in [1.54, 1.807) is 18.4 Å². The number of benzene rings is 3. The molecule has 0 bridgehead atoms. The van der Waals surface area contributed by atoms with E-state index in [-0.39, 0.29) is 5.91 Å². The number of aromatic nitrogens is 1. The molecule has 0 radical (unpaired) electrons. The fourth-order valence-corrected chi connectivity index (χ4v) is 4.86. The quantitative estimate of drug-likeness (QED) is 0.476. The lowest BCUT2D eigenvalue weighted by Crippen LogP contribution is -2.35. The normalized spacial score (nSPS) is 13.3. The summed E-state index contributed by atoms with van der Waals surface area (Å²) < 4.78 is 5.23. The van der Waals surface area contributed by atoms with Crippen LogP contribution in [0.15, 0.2) is 66.7 Å². The van der Waals surface area contributed by atoms with Crippen LogP contribution in [0.1, 0.15) is 20.9 Å². The van der Waals surface area contributed by atoms with Gasteiger partial charge in [-0.25, -0.2) is 4.98 Å². The third-order valence-electron chi connectivity index (χ3n) is 5.35. The van der Waals surface area contributed by atoms with E-state index in [2.05, 4.69) is 6.07 Å². The molecule has 5 heteroatoms. The van der Waals surface area contributed by atoms with Crippen LogP contribution in [0.4, 0.5) is 0 Å². The van der Waals surface area contributed by atoms with Gasteiger partial charge in [-0.3, -0.25) is 4.79 Å². The van der Waals surface area contributed by atoms with Gasteiger partial charge in [0.05, 0.1) is 19.3 Å². The maximum Gasteiger partial charge on any atom is 0.254 e. The molecule has 0 fully saturated rings. The van der Waals surface area contributed by atoms with Gasteiger partial charge in [0.15, 0.2) is 0 Å². The fourth-order valence-electron chi connectivity index (χ4n) is 3.73. The van der Waals surface area contributed by atoms with Crippen LogP contribution in [0, 0.1) is 0 Å². The van der Waals surface area contributed by atoms with E-state index in [4.69, 9.17) is 9.72 Å². The molecule has 5 rings (SSSR count). The molecule has 144 valence electrons. The van der Waals surface area contributed by atoms with Crippen LogP contribution in [-0.2, 0) is 13.0 Å². The van der Waals surface area contributed by atoms with E-state index in [1.807, 2.05) is 65.6 Å². The van der Waals surface area contributed by atoms with Gasteiger partial charge in [0, 0.05) is 29.0 Å². The van der Waals surface area contributed by atoms with Gasteiger partial charge in [-0.05, 0) is 47.2 Å². The molecule has 4 nitrogen and oxygen atoms in total. The molecule has 0 saturated carbocycles. The van der Waals surface area contributed by atoms with E-state index in [0.29, 0.717) is 13.1 Å². The molecule has 2 heterocycles. The summed E-state index contributed by atoms with van der Waals surface area (Å²) in [5.74, 6) is 0.919. The molecule has 1 aromatic heterocycles. The van der Waals surface area contributed by atoms with Gasteiger partial charge in [-0.1, -0.05) is 30.3 Å². The molecule has 0 atom stereocenters. The van der Waals surface area contributed by atoms with Gasteiger partial charge >= 0.3 is 0 Å². The van der Waals surface area contributed by atoms with Gasteiger partial charge in [-0.15, -0.1) is 11.3 Å². The Morgan fingerprint density at radius 2 is 1.83 bits per heavy atom. The lowest BCUT2D eigenvalue weighted by Gasteiger charge is -2.26. The zero-order valence-electron chi connectivity index (χ0n) is 16.1. The number of amides is 1. The van der Waals surface area contributed by atoms with E-state index in [1.165, 1.54) is 4.88 Å². The first-order valence-electron chi connectivity index (χ1n) is 9.62. The SMILES string of the molecule is COc1ccc(-c2nc3c(s2)CN(C(=O)c2ccc4ccccc4c2)CC3)cc1. The van der Waals surface area contributed by atoms with Crippen LogP contribution in [0.2, 0.25) is 0 Å². The summed E-state index contributed by atoms with van der Waals surface area (Å²) in [7, 11) is 1.66. The molecule has 1 aliphatic rings. The average Bonchev–Trinajstić information content (AvgIpc) is 3.21. The summed E-state index contributed by atoms with van der Waals surface area (Å²) >= 11 is 1.67. The predicted octanol–water partition coefficient (Wildman–Crippen LogP) is 5.17. The third kappa shape index (κ3) is 3.38. The summed E-state index contributed by atoms with van der Waals surface area (Å²) in [5.41, 5.74) is 2.94. The van der Waals surface area contributed by atoms with Crippen molar-refractivity contribution >= 4 is 28.0 Å². The van der Waals surface area contributed by atoms with Gasteiger partial charge in [0.2, 0.25) is 0 Å². The number of hydrogen-bond acceptors (Lipinski definition) is 4. The minimum absolute atomic E-state index is 0.0841. The minimum atomic E-state index is 0.0841. The molecular weight excluding hydrogens is 380 g/mol. The van der Waals surface area contributed by atoms with Crippen molar-refractivity contribution in [1.82, 2.24) is 9.88 Å². The monoisotopic (exact) mass is 400 g/mol. The third-order valence-corrected chi connectivity index (χ3v) is 6.48. The van der Waals surface area contributed by atoms with Gasteiger partial charge in [-0.2, -0.15) is 0 Å². The van der Waals surface area contributed by atoms with Crippen molar-refractivity contribution in [2.45, 2.75) is 13.0 Å². The van der Waals surface area contributed by atoms with Crippen LogP contribution in [0.5, 0.6) is 5.75 Å². The number of carbonyl (C=O) groups is 1. The molecule has 1 amide bonds. The lowest BCUT2D eigenvalue weighted by atomic mass is 10.1. The van der Waals surface area contributed by atoms with Crippen molar-refractivity contribution in [2.75, 3.05) is 13.7 Å². The van der Waals surface area contributed by atoms with E-state index >= 15 is 0 Å². The Bertz CT molecular complexity index is 1200. The van der Waals surface area contributed by atoms with Crippen LogP contribution in [0.25, 0.3) is 21.3 Å². The molecule has 0 unspecified atom stereocenters. The van der Waals surface area contributed by atoms with Crippen molar-refractivity contribution in [3.8, 4) is 16.3 Å². The molecule has 0 aliphatic carbocycles. The highest BCUT2D eigenvalue weighted by Gasteiger charge is 2.25. The molecule has 3 aromatic carbocycles. The number of nitrogens with zero attached hydrogens (tertiary/aromatic N) is 2. The number of fused-ring (bicyclic) bond motifs is 2. The first kappa shape index (κ1) is 17.9. The summed E-state index contributed by atoms with van der Waals surface area (Å²) in [5, 5.41) is 3.24. The maximum absolute atomic E-state index is 13.1. The smallest absolute Gasteiger partial charge is 0.254 e. The maximum atomic E-state index is 13.1. The van der Waals surface area contributed by atoms with Gasteiger partial charge in [0.25, 0.3) is 5.91 Å². The molecule has 1 aliphatic heterocycles. The second-order valence-corrected chi connectivity index (χ2v) is 8.24. The lowest BCUT2D eigenvalue weighted by molar-refractivity contribution is 0.0736. The minimum Gasteiger partial charge on any atom is -0.497 e. The summed E-state index contributed by atoms with van der Waals surface area (Å²) in [4.78, 5) is 21.0. The van der Waals surface area contributed by atoms with Crippen LogP contribution in [0.3, 0.4) is 0 Å². The van der Waals surface area contributed by atoms with Crippen molar-refractivity contribution < 1.29 is 9.53 Å². The molecule has 29 heavy (non-hydrogen) atoms. The Labute approximate surface area is 173 Å². The average molecular weight is 401 g/mol. The largest absolute Gasteiger partial charge is 0.497 e.